The first-order valence-corrected chi connectivity index (χ1v) is 13.0. The van der Waals surface area contributed by atoms with Crippen molar-refractivity contribution in [2.24, 2.45) is 5.92 Å². The molecule has 2 atom stereocenters. The molecule has 2 aromatic rings. The Hall–Kier alpha value is -2.38. The molecular formula is C29H43BN2O4. The molecule has 1 aliphatic heterocycles. The molecule has 1 saturated heterocycles. The second-order valence-corrected chi connectivity index (χ2v) is 12.1. The van der Waals surface area contributed by atoms with Crippen LogP contribution in [0.15, 0.2) is 48.7 Å². The highest BCUT2D eigenvalue weighted by atomic mass is 16.7. The van der Waals surface area contributed by atoms with Crippen molar-refractivity contribution in [3.63, 3.8) is 0 Å². The smallest absolute Gasteiger partial charge is 0.444 e. The Kier molecular flexibility index (Phi) is 7.97. The van der Waals surface area contributed by atoms with Gasteiger partial charge < -0.3 is 14.0 Å². The van der Waals surface area contributed by atoms with Gasteiger partial charge in [0.1, 0.15) is 11.0 Å². The van der Waals surface area contributed by atoms with Crippen molar-refractivity contribution in [3.8, 4) is 11.3 Å². The first kappa shape index (κ1) is 28.2. The summed E-state index contributed by atoms with van der Waals surface area (Å²) in [5.74, 6) is 0.257. The first-order valence-electron chi connectivity index (χ1n) is 13.0. The van der Waals surface area contributed by atoms with Gasteiger partial charge in [-0.05, 0) is 79.0 Å². The van der Waals surface area contributed by atoms with E-state index in [1.807, 2.05) is 103 Å². The highest BCUT2D eigenvalue weighted by Gasteiger charge is 2.61. The second kappa shape index (κ2) is 10.2. The molecule has 196 valence electrons. The van der Waals surface area contributed by atoms with E-state index in [-0.39, 0.29) is 12.0 Å². The van der Waals surface area contributed by atoms with Crippen LogP contribution in [-0.2, 0) is 19.5 Å². The fraction of sp³-hybridized carbons (Fsp3) is 0.586. The molecular weight excluding hydrogens is 451 g/mol. The zero-order valence-corrected chi connectivity index (χ0v) is 23.7. The number of ether oxygens (including phenoxy) is 1. The molecule has 1 aromatic heterocycles. The third kappa shape index (κ3) is 5.78. The number of hydrogen-bond donors (Lipinski definition) is 0. The van der Waals surface area contributed by atoms with Gasteiger partial charge in [-0.15, -0.1) is 0 Å². The SMILES string of the molecule is CCC(C)CN(C(=O)OC(C)(C)C)C(C)(B1OC(C)(C)C(C)(C)O1)c1ccc(-c2ccccn2)cc1. The molecule has 7 heteroatoms. The molecule has 0 bridgehead atoms. The van der Waals surface area contributed by atoms with Crippen molar-refractivity contribution >= 4 is 13.2 Å². The Balaban J connectivity index is 2.14. The van der Waals surface area contributed by atoms with E-state index in [1.54, 1.807) is 6.20 Å². The molecule has 0 spiro atoms. The molecule has 0 N–H and O–H groups in total. The molecule has 0 radical (unpaired) electrons. The van der Waals surface area contributed by atoms with Crippen LogP contribution in [0.4, 0.5) is 4.79 Å². The zero-order valence-electron chi connectivity index (χ0n) is 23.7. The molecule has 3 rings (SSSR count). The number of amides is 1. The van der Waals surface area contributed by atoms with Crippen molar-refractivity contribution in [3.05, 3.63) is 54.2 Å². The van der Waals surface area contributed by atoms with E-state index >= 15 is 0 Å². The summed E-state index contributed by atoms with van der Waals surface area (Å²) in [6.07, 6.45) is 2.33. The van der Waals surface area contributed by atoms with Crippen LogP contribution >= 0.6 is 0 Å². The number of carbonyl (C=O) groups excluding carboxylic acids is 1. The van der Waals surface area contributed by atoms with Crippen LogP contribution in [0.1, 0.15) is 81.2 Å². The summed E-state index contributed by atoms with van der Waals surface area (Å²) in [7, 11) is -0.695. The van der Waals surface area contributed by atoms with E-state index in [1.165, 1.54) is 0 Å². The van der Waals surface area contributed by atoms with E-state index in [4.69, 9.17) is 14.0 Å². The molecule has 2 heterocycles. The van der Waals surface area contributed by atoms with Crippen LogP contribution in [0.2, 0.25) is 0 Å². The lowest BCUT2D eigenvalue weighted by Gasteiger charge is -2.44. The molecule has 0 aliphatic carbocycles. The topological polar surface area (TPSA) is 60.9 Å². The lowest BCUT2D eigenvalue weighted by Crippen LogP contribution is -2.60. The third-order valence-electron chi connectivity index (χ3n) is 7.51. The highest BCUT2D eigenvalue weighted by Crippen LogP contribution is 2.45. The van der Waals surface area contributed by atoms with Crippen molar-refractivity contribution < 1.29 is 18.8 Å². The van der Waals surface area contributed by atoms with Crippen molar-refractivity contribution in [2.75, 3.05) is 6.54 Å². The van der Waals surface area contributed by atoms with Gasteiger partial charge in [-0.3, -0.25) is 9.88 Å². The van der Waals surface area contributed by atoms with Gasteiger partial charge in [-0.1, -0.05) is 50.6 Å². The number of pyridine rings is 1. The fourth-order valence-electron chi connectivity index (χ4n) is 4.22. The molecule has 1 aliphatic rings. The van der Waals surface area contributed by atoms with Crippen molar-refractivity contribution in [2.45, 2.75) is 97.9 Å². The number of hydrogen-bond acceptors (Lipinski definition) is 5. The number of benzene rings is 1. The highest BCUT2D eigenvalue weighted by molar-refractivity contribution is 6.49. The lowest BCUT2D eigenvalue weighted by atomic mass is 9.60. The Morgan fingerprint density at radius 2 is 1.61 bits per heavy atom. The minimum atomic E-state index is -0.945. The summed E-state index contributed by atoms with van der Waals surface area (Å²) < 4.78 is 19.1. The zero-order chi connectivity index (χ0) is 26.9. The van der Waals surface area contributed by atoms with Crippen LogP contribution in [0.5, 0.6) is 0 Å². The predicted octanol–water partition coefficient (Wildman–Crippen LogP) is 6.88. The Morgan fingerprint density at radius 3 is 2.08 bits per heavy atom. The van der Waals surface area contributed by atoms with Crippen molar-refractivity contribution in [1.29, 1.82) is 0 Å². The van der Waals surface area contributed by atoms with Crippen LogP contribution < -0.4 is 0 Å². The van der Waals surface area contributed by atoms with Crippen LogP contribution in [0.25, 0.3) is 11.3 Å². The number of aromatic nitrogens is 1. The fourth-order valence-corrected chi connectivity index (χ4v) is 4.22. The van der Waals surface area contributed by atoms with Gasteiger partial charge in [0.05, 0.1) is 16.9 Å². The number of carbonyl (C=O) groups is 1. The molecule has 1 amide bonds. The average Bonchev–Trinajstić information content (AvgIpc) is 3.03. The Labute approximate surface area is 217 Å². The maximum absolute atomic E-state index is 13.8. The molecule has 6 nitrogen and oxygen atoms in total. The normalized spacial score (nSPS) is 19.4. The van der Waals surface area contributed by atoms with E-state index in [2.05, 4.69) is 18.8 Å². The summed E-state index contributed by atoms with van der Waals surface area (Å²) in [5.41, 5.74) is 0.122. The van der Waals surface area contributed by atoms with E-state index in [0.29, 0.717) is 6.54 Å². The van der Waals surface area contributed by atoms with Gasteiger partial charge in [0, 0.05) is 18.3 Å². The largest absolute Gasteiger partial charge is 0.490 e. The molecule has 1 aromatic carbocycles. The lowest BCUT2D eigenvalue weighted by molar-refractivity contribution is 0.00156. The van der Waals surface area contributed by atoms with Gasteiger partial charge >= 0.3 is 13.2 Å². The second-order valence-electron chi connectivity index (χ2n) is 12.1. The Bertz CT molecular complexity index is 1020. The van der Waals surface area contributed by atoms with Gasteiger partial charge in [-0.2, -0.15) is 0 Å². The maximum Gasteiger partial charge on any atom is 0.490 e. The van der Waals surface area contributed by atoms with Gasteiger partial charge in [-0.25, -0.2) is 4.79 Å². The standard InChI is InChI=1S/C29H43BN2O4/c1-11-21(2)20-32(25(33)34-26(3,4)5)29(10,30-35-27(6,7)28(8,9)36-30)23-17-15-22(16-18-23)24-14-12-13-19-31-24/h12-19,21H,11,20H2,1-10H3. The average molecular weight is 494 g/mol. The number of rotatable bonds is 7. The Morgan fingerprint density at radius 1 is 1.03 bits per heavy atom. The van der Waals surface area contributed by atoms with Crippen LogP contribution in [0, 0.1) is 5.92 Å². The summed E-state index contributed by atoms with van der Waals surface area (Å²) in [4.78, 5) is 20.1. The molecule has 1 fully saturated rings. The van der Waals surface area contributed by atoms with Gasteiger partial charge in [0.15, 0.2) is 0 Å². The summed E-state index contributed by atoms with van der Waals surface area (Å²) >= 11 is 0. The molecule has 36 heavy (non-hydrogen) atoms. The maximum atomic E-state index is 13.8. The van der Waals surface area contributed by atoms with E-state index in [0.717, 1.165) is 23.2 Å². The van der Waals surface area contributed by atoms with E-state index in [9.17, 15) is 4.79 Å². The number of nitrogens with zero attached hydrogens (tertiary/aromatic N) is 2. The van der Waals surface area contributed by atoms with Crippen LogP contribution in [-0.4, -0.2) is 46.4 Å². The van der Waals surface area contributed by atoms with E-state index < -0.39 is 29.4 Å². The van der Waals surface area contributed by atoms with Crippen LogP contribution in [0.3, 0.4) is 0 Å². The first-order chi connectivity index (χ1) is 16.6. The van der Waals surface area contributed by atoms with Crippen molar-refractivity contribution in [1.82, 2.24) is 9.88 Å². The van der Waals surface area contributed by atoms with Gasteiger partial charge in [0.25, 0.3) is 0 Å². The minimum absolute atomic E-state index is 0.257. The summed E-state index contributed by atoms with van der Waals surface area (Å²) in [6.45, 7) is 20.6. The summed E-state index contributed by atoms with van der Waals surface area (Å²) in [5, 5.41) is 0. The summed E-state index contributed by atoms with van der Waals surface area (Å²) in [6, 6.07) is 14.0. The van der Waals surface area contributed by atoms with Gasteiger partial charge in [0.2, 0.25) is 0 Å². The monoisotopic (exact) mass is 494 g/mol. The molecule has 2 unspecified atom stereocenters. The minimum Gasteiger partial charge on any atom is -0.444 e. The molecule has 0 saturated carbocycles. The third-order valence-corrected chi connectivity index (χ3v) is 7.51. The predicted molar refractivity (Wildman–Crippen MR) is 146 cm³/mol. The quantitative estimate of drug-likeness (QED) is 0.393.